The van der Waals surface area contributed by atoms with E-state index in [1.165, 1.54) is 26.4 Å². The number of esters is 1. The molecule has 0 aliphatic heterocycles. The molecule has 0 unspecified atom stereocenters. The lowest BCUT2D eigenvalue weighted by Crippen LogP contribution is -2.14. The number of nitro groups is 1. The number of nitro benzene ring substituents is 1. The number of hydrogen-bond acceptors (Lipinski definition) is 10. The maximum atomic E-state index is 12.9. The van der Waals surface area contributed by atoms with Gasteiger partial charge < -0.3 is 19.0 Å². The van der Waals surface area contributed by atoms with Crippen molar-refractivity contribution in [2.45, 2.75) is 6.18 Å². The first-order valence-electron chi connectivity index (χ1n) is 9.69. The van der Waals surface area contributed by atoms with Gasteiger partial charge >= 0.3 is 12.1 Å². The van der Waals surface area contributed by atoms with Crippen molar-refractivity contribution in [2.75, 3.05) is 33.2 Å². The van der Waals surface area contributed by atoms with Crippen LogP contribution in [0.1, 0.15) is 11.1 Å². The van der Waals surface area contributed by atoms with Gasteiger partial charge in [0.15, 0.2) is 6.61 Å². The van der Waals surface area contributed by atoms with Crippen LogP contribution < -0.4 is 4.74 Å². The molecule has 0 atom stereocenters. The summed E-state index contributed by atoms with van der Waals surface area (Å²) in [6.07, 6.45) is -4.60. The van der Waals surface area contributed by atoms with Crippen molar-refractivity contribution < 1.29 is 46.7 Å². The van der Waals surface area contributed by atoms with Gasteiger partial charge in [0.1, 0.15) is 17.2 Å². The topological polar surface area (TPSA) is 127 Å². The first-order valence-corrected chi connectivity index (χ1v) is 11.1. The van der Waals surface area contributed by atoms with Gasteiger partial charge in [0.2, 0.25) is 5.12 Å². The van der Waals surface area contributed by atoms with Crippen LogP contribution in [0.25, 0.3) is 0 Å². The second-order valence-electron chi connectivity index (χ2n) is 6.66. The van der Waals surface area contributed by atoms with Crippen LogP contribution in [-0.4, -0.2) is 54.9 Å². The second-order valence-corrected chi connectivity index (χ2v) is 8.10. The van der Waals surface area contributed by atoms with Crippen molar-refractivity contribution in [3.05, 3.63) is 62.7 Å². The number of hydrogen-bond donors (Lipinski definition) is 0. The first kappa shape index (κ1) is 28.9. The van der Waals surface area contributed by atoms with Crippen LogP contribution in [0.2, 0.25) is 5.02 Å². The minimum Gasteiger partial charge on any atom is -0.468 e. The van der Waals surface area contributed by atoms with Crippen molar-refractivity contribution in [3.63, 3.8) is 0 Å². The van der Waals surface area contributed by atoms with E-state index in [9.17, 15) is 32.9 Å². The summed E-state index contributed by atoms with van der Waals surface area (Å²) in [5.41, 5.74) is -1.57. The molecule has 0 heterocycles. The van der Waals surface area contributed by atoms with E-state index in [1.54, 1.807) is 0 Å². The Morgan fingerprint density at radius 2 is 1.86 bits per heavy atom. The second kappa shape index (κ2) is 13.1. The molecule has 0 spiro atoms. The Morgan fingerprint density at radius 3 is 2.44 bits per heavy atom. The lowest BCUT2D eigenvalue weighted by atomic mass is 10.1. The lowest BCUT2D eigenvalue weighted by Gasteiger charge is -2.12. The molecule has 0 bridgehead atoms. The summed E-state index contributed by atoms with van der Waals surface area (Å²) in [6, 6.07) is 5.97. The van der Waals surface area contributed by atoms with Gasteiger partial charge in [-0.3, -0.25) is 19.7 Å². The van der Waals surface area contributed by atoms with Crippen LogP contribution in [0.15, 0.2) is 41.6 Å². The van der Waals surface area contributed by atoms with Gasteiger partial charge in [-0.2, -0.15) is 13.2 Å². The van der Waals surface area contributed by atoms with Crippen molar-refractivity contribution in [3.8, 4) is 11.5 Å². The molecule has 2 aromatic carbocycles. The fourth-order valence-corrected chi connectivity index (χ4v) is 3.30. The molecule has 0 aliphatic rings. The maximum absolute atomic E-state index is 12.9. The summed E-state index contributed by atoms with van der Waals surface area (Å²) in [7, 11) is 2.46. The summed E-state index contributed by atoms with van der Waals surface area (Å²) >= 11 is 6.55. The number of benzene rings is 2. The molecule has 0 radical (unpaired) electrons. The molecule has 0 aromatic heterocycles. The van der Waals surface area contributed by atoms with Crippen LogP contribution in [0.5, 0.6) is 11.5 Å². The van der Waals surface area contributed by atoms with E-state index in [0.29, 0.717) is 17.8 Å². The molecule has 15 heteroatoms. The number of carbonyl (C=O) groups excluding carboxylic acids is 2. The average Bonchev–Trinajstić information content (AvgIpc) is 2.82. The van der Waals surface area contributed by atoms with Gasteiger partial charge in [-0.05, 0) is 30.3 Å². The quantitative estimate of drug-likeness (QED) is 0.167. The minimum atomic E-state index is -4.60. The Kier molecular flexibility index (Phi) is 10.5. The van der Waals surface area contributed by atoms with Crippen LogP contribution in [0, 0.1) is 10.1 Å². The monoisotopic (exact) mass is 550 g/mol. The van der Waals surface area contributed by atoms with Crippen molar-refractivity contribution in [2.24, 2.45) is 5.16 Å². The van der Waals surface area contributed by atoms with Crippen LogP contribution >= 0.6 is 23.4 Å². The Morgan fingerprint density at radius 1 is 1.14 bits per heavy atom. The van der Waals surface area contributed by atoms with E-state index in [-0.39, 0.29) is 40.2 Å². The SMILES string of the molecule is COCC(=NOCC(=O)SCC(=O)OC)c1cc(Oc2ccc(C(F)(F)F)cc2Cl)ccc1[N+](=O)[O-]. The summed E-state index contributed by atoms with van der Waals surface area (Å²) in [5, 5.41) is 14.4. The van der Waals surface area contributed by atoms with Gasteiger partial charge in [0.05, 0.1) is 40.5 Å². The normalized spacial score (nSPS) is 11.7. The van der Waals surface area contributed by atoms with Gasteiger partial charge in [0.25, 0.3) is 5.69 Å². The maximum Gasteiger partial charge on any atom is 0.416 e. The Bertz CT molecular complexity index is 1160. The van der Waals surface area contributed by atoms with Crippen LogP contribution in [-0.2, 0) is 30.1 Å². The standard InChI is InChI=1S/C21H18ClF3N2O8S/c1-32-9-16(26-34-10-20(29)36-11-19(28)33-2)14-8-13(4-5-17(14)27(30)31)35-18-6-3-12(7-15(18)22)21(23,24)25/h3-8H,9-11H2,1-2H3. The number of alkyl halides is 3. The van der Waals surface area contributed by atoms with Gasteiger partial charge in [-0.15, -0.1) is 0 Å². The fourth-order valence-electron chi connectivity index (χ4n) is 2.55. The van der Waals surface area contributed by atoms with E-state index < -0.39 is 40.0 Å². The van der Waals surface area contributed by atoms with Gasteiger partial charge in [0, 0.05) is 13.2 Å². The van der Waals surface area contributed by atoms with E-state index in [4.69, 9.17) is 25.9 Å². The van der Waals surface area contributed by atoms with E-state index in [0.717, 1.165) is 18.2 Å². The zero-order chi connectivity index (χ0) is 26.9. The number of nitrogens with zero attached hydrogens (tertiary/aromatic N) is 2. The van der Waals surface area contributed by atoms with E-state index >= 15 is 0 Å². The highest BCUT2D eigenvalue weighted by Crippen LogP contribution is 2.37. The Labute approximate surface area is 211 Å². The molecule has 0 N–H and O–H groups in total. The first-order chi connectivity index (χ1) is 17.0. The third-order valence-electron chi connectivity index (χ3n) is 4.18. The zero-order valence-corrected chi connectivity index (χ0v) is 20.2. The average molecular weight is 551 g/mol. The molecule has 0 amide bonds. The minimum absolute atomic E-state index is 0.00854. The molecule has 2 aromatic rings. The molecule has 36 heavy (non-hydrogen) atoms. The van der Waals surface area contributed by atoms with Crippen molar-refractivity contribution in [1.82, 2.24) is 0 Å². The summed E-state index contributed by atoms with van der Waals surface area (Å²) < 4.78 is 53.6. The number of halogens is 4. The van der Waals surface area contributed by atoms with Crippen molar-refractivity contribution >= 4 is 45.8 Å². The van der Waals surface area contributed by atoms with Crippen LogP contribution in [0.3, 0.4) is 0 Å². The smallest absolute Gasteiger partial charge is 0.416 e. The summed E-state index contributed by atoms with van der Waals surface area (Å²) in [4.78, 5) is 38.7. The third-order valence-corrected chi connectivity index (χ3v) is 5.29. The van der Waals surface area contributed by atoms with Gasteiger partial charge in [-0.1, -0.05) is 28.5 Å². The molecular weight excluding hydrogens is 533 g/mol. The molecule has 10 nitrogen and oxygen atoms in total. The highest BCUT2D eigenvalue weighted by atomic mass is 35.5. The number of ether oxygens (including phenoxy) is 3. The molecule has 2 rings (SSSR count). The third kappa shape index (κ3) is 8.39. The van der Waals surface area contributed by atoms with E-state index in [1.807, 2.05) is 0 Å². The van der Waals surface area contributed by atoms with Crippen LogP contribution in [0.4, 0.5) is 18.9 Å². The predicted molar refractivity (Wildman–Crippen MR) is 123 cm³/mol. The molecule has 0 saturated carbocycles. The zero-order valence-electron chi connectivity index (χ0n) is 18.7. The molecule has 194 valence electrons. The van der Waals surface area contributed by atoms with E-state index in [2.05, 4.69) is 9.89 Å². The molecule has 0 aliphatic carbocycles. The van der Waals surface area contributed by atoms with Crippen molar-refractivity contribution in [1.29, 1.82) is 0 Å². The highest BCUT2D eigenvalue weighted by Gasteiger charge is 2.31. The highest BCUT2D eigenvalue weighted by molar-refractivity contribution is 8.14. The number of rotatable bonds is 11. The van der Waals surface area contributed by atoms with Gasteiger partial charge in [-0.25, -0.2) is 0 Å². The molecular formula is C21H18ClF3N2O8S. The number of oxime groups is 1. The lowest BCUT2D eigenvalue weighted by molar-refractivity contribution is -0.385. The number of thioether (sulfide) groups is 1. The Balaban J connectivity index is 2.30. The number of carbonyl (C=O) groups is 2. The largest absolute Gasteiger partial charge is 0.468 e. The number of methoxy groups -OCH3 is 2. The molecule has 0 saturated heterocycles. The predicted octanol–water partition coefficient (Wildman–Crippen LogP) is 4.86. The summed E-state index contributed by atoms with van der Waals surface area (Å²) in [6.45, 7) is -0.825. The summed E-state index contributed by atoms with van der Waals surface area (Å²) in [5.74, 6) is -0.979. The fraction of sp³-hybridized carbons (Fsp3) is 0.286. The Hall–Kier alpha value is -3.36. The molecule has 0 fully saturated rings.